The van der Waals surface area contributed by atoms with E-state index in [1.807, 2.05) is 37.3 Å². The van der Waals surface area contributed by atoms with Crippen LogP contribution in [0.1, 0.15) is 22.3 Å². The zero-order valence-corrected chi connectivity index (χ0v) is 19.5. The fourth-order valence-corrected chi connectivity index (χ4v) is 3.22. The van der Waals surface area contributed by atoms with E-state index in [0.717, 1.165) is 16.7 Å². The van der Waals surface area contributed by atoms with Gasteiger partial charge >= 0.3 is 12.1 Å². The number of aliphatic carboxylic acids is 1. The molecule has 0 saturated heterocycles. The van der Waals surface area contributed by atoms with Crippen molar-refractivity contribution in [2.45, 2.75) is 32.8 Å². The van der Waals surface area contributed by atoms with Gasteiger partial charge in [-0.3, -0.25) is 4.79 Å². The van der Waals surface area contributed by atoms with Crippen LogP contribution in [0.25, 0.3) is 0 Å². The predicted octanol–water partition coefficient (Wildman–Crippen LogP) is 4.78. The molecule has 0 atom stereocenters. The second-order valence-electron chi connectivity index (χ2n) is 7.14. The highest BCUT2D eigenvalue weighted by atomic mass is 79.9. The number of carboxylic acids is 1. The fourth-order valence-electron chi connectivity index (χ4n) is 2.74. The van der Waals surface area contributed by atoms with E-state index in [0.29, 0.717) is 28.9 Å². The van der Waals surface area contributed by atoms with E-state index in [1.54, 1.807) is 22.9 Å². The number of ether oxygens (including phenoxy) is 1. The summed E-state index contributed by atoms with van der Waals surface area (Å²) in [6.45, 7) is 2.76. The van der Waals surface area contributed by atoms with Crippen molar-refractivity contribution in [2.75, 3.05) is 0 Å². The highest BCUT2D eigenvalue weighted by Crippen LogP contribution is 2.22. The summed E-state index contributed by atoms with van der Waals surface area (Å²) in [6, 6.07) is 14.5. The van der Waals surface area contributed by atoms with Gasteiger partial charge in [0, 0.05) is 18.3 Å². The molecule has 0 amide bonds. The molecule has 0 radical (unpaired) electrons. The number of aromatic nitrogens is 1. The maximum Gasteiger partial charge on any atom is 0.490 e. The van der Waals surface area contributed by atoms with Gasteiger partial charge in [-0.1, -0.05) is 36.4 Å². The van der Waals surface area contributed by atoms with Crippen LogP contribution in [-0.2, 0) is 24.5 Å². The lowest BCUT2D eigenvalue weighted by atomic mass is 10.1. The molecule has 6 nitrogen and oxygen atoms in total. The number of hydrogen-bond acceptors (Lipinski definition) is 4. The van der Waals surface area contributed by atoms with Crippen LogP contribution in [0.4, 0.5) is 17.6 Å². The number of halogens is 5. The first kappa shape index (κ1) is 27.1. The topological polar surface area (TPSA) is 94.5 Å². The minimum atomic E-state index is -5.08. The number of benzene rings is 2. The average Bonchev–Trinajstić information content (AvgIpc) is 2.77. The summed E-state index contributed by atoms with van der Waals surface area (Å²) in [6.07, 6.45) is -3.41. The highest BCUT2D eigenvalue weighted by Gasteiger charge is 2.38. The van der Waals surface area contributed by atoms with Crippen LogP contribution in [-0.4, -0.2) is 21.8 Å². The van der Waals surface area contributed by atoms with Crippen molar-refractivity contribution in [2.24, 2.45) is 5.73 Å². The Labute approximate surface area is 200 Å². The number of nitrogens with zero attached hydrogens (tertiary/aromatic N) is 1. The van der Waals surface area contributed by atoms with Gasteiger partial charge < -0.3 is 20.1 Å². The average molecular weight is 545 g/mol. The Hall–Kier alpha value is -3.18. The van der Waals surface area contributed by atoms with Gasteiger partial charge in [0.25, 0.3) is 5.56 Å². The maximum atomic E-state index is 13.9. The van der Waals surface area contributed by atoms with Gasteiger partial charge in [-0.2, -0.15) is 13.2 Å². The van der Waals surface area contributed by atoms with Gasteiger partial charge in [-0.15, -0.1) is 0 Å². The SMILES string of the molecule is Cc1ccc(COc2ccn(Cc3cccc(CN)c3)c(=O)c2Br)c(F)c1.O=C(O)C(F)(F)F. The van der Waals surface area contributed by atoms with E-state index in [2.05, 4.69) is 15.9 Å². The molecule has 3 N–H and O–H groups in total. The summed E-state index contributed by atoms with van der Waals surface area (Å²) >= 11 is 3.30. The number of alkyl halides is 3. The van der Waals surface area contributed by atoms with Crippen molar-refractivity contribution < 1.29 is 32.2 Å². The Morgan fingerprint density at radius 2 is 1.79 bits per heavy atom. The summed E-state index contributed by atoms with van der Waals surface area (Å²) in [5, 5.41) is 7.12. The van der Waals surface area contributed by atoms with Crippen molar-refractivity contribution in [3.63, 3.8) is 0 Å². The Balaban J connectivity index is 0.000000509. The van der Waals surface area contributed by atoms with Crippen molar-refractivity contribution in [3.05, 3.63) is 97.6 Å². The summed E-state index contributed by atoms with van der Waals surface area (Å²) in [4.78, 5) is 21.5. The van der Waals surface area contributed by atoms with E-state index in [1.165, 1.54) is 6.07 Å². The van der Waals surface area contributed by atoms with Crippen LogP contribution >= 0.6 is 15.9 Å². The van der Waals surface area contributed by atoms with E-state index < -0.39 is 12.1 Å². The van der Waals surface area contributed by atoms with Crippen LogP contribution in [0, 0.1) is 12.7 Å². The van der Waals surface area contributed by atoms with E-state index in [9.17, 15) is 22.4 Å². The molecule has 0 unspecified atom stereocenters. The summed E-state index contributed by atoms with van der Waals surface area (Å²) in [7, 11) is 0. The second kappa shape index (κ2) is 11.8. The van der Waals surface area contributed by atoms with E-state index in [-0.39, 0.29) is 18.0 Å². The lowest BCUT2D eigenvalue weighted by Crippen LogP contribution is -2.21. The van der Waals surface area contributed by atoms with Gasteiger partial charge in [0.15, 0.2) is 0 Å². The number of aryl methyl sites for hydroxylation is 1. The first-order valence-corrected chi connectivity index (χ1v) is 10.6. The van der Waals surface area contributed by atoms with Crippen LogP contribution in [0.5, 0.6) is 5.75 Å². The molecular weight excluding hydrogens is 524 g/mol. The van der Waals surface area contributed by atoms with Crippen LogP contribution < -0.4 is 16.0 Å². The molecule has 0 bridgehead atoms. The number of carbonyl (C=O) groups is 1. The van der Waals surface area contributed by atoms with Crippen LogP contribution in [0.2, 0.25) is 0 Å². The standard InChI is InChI=1S/C21H20BrFN2O2.C2HF3O2/c1-14-5-6-17(18(23)9-14)13-27-19-7-8-25(21(26)20(19)22)12-16-4-2-3-15(10-16)11-24;3-2(4,5)1(6)7/h2-10H,11-13,24H2,1H3;(H,6,7). The van der Waals surface area contributed by atoms with Crippen LogP contribution in [0.15, 0.2) is 64.0 Å². The van der Waals surface area contributed by atoms with E-state index in [4.69, 9.17) is 20.4 Å². The Morgan fingerprint density at radius 1 is 1.15 bits per heavy atom. The Kier molecular flexibility index (Phi) is 9.39. The third-order valence-corrected chi connectivity index (χ3v) is 5.22. The first-order valence-electron chi connectivity index (χ1n) is 9.77. The molecular formula is C23H21BrF4N2O4. The number of carboxylic acid groups (broad SMARTS) is 1. The number of rotatable bonds is 6. The fraction of sp³-hybridized carbons (Fsp3) is 0.217. The second-order valence-corrected chi connectivity index (χ2v) is 7.93. The van der Waals surface area contributed by atoms with Gasteiger partial charge in [-0.25, -0.2) is 9.18 Å². The first-order chi connectivity index (χ1) is 15.9. The molecule has 182 valence electrons. The zero-order chi connectivity index (χ0) is 25.5. The molecule has 0 fully saturated rings. The quantitative estimate of drug-likeness (QED) is 0.435. The van der Waals surface area contributed by atoms with Gasteiger partial charge in [0.05, 0.1) is 6.54 Å². The highest BCUT2D eigenvalue weighted by molar-refractivity contribution is 9.10. The third-order valence-electron chi connectivity index (χ3n) is 4.49. The molecule has 3 rings (SSSR count). The Bertz CT molecular complexity index is 1210. The van der Waals surface area contributed by atoms with Crippen LogP contribution in [0.3, 0.4) is 0 Å². The lowest BCUT2D eigenvalue weighted by Gasteiger charge is -2.12. The summed E-state index contributed by atoms with van der Waals surface area (Å²) in [5.41, 5.74) is 8.74. The Morgan fingerprint density at radius 3 is 2.38 bits per heavy atom. The van der Waals surface area contributed by atoms with Crippen molar-refractivity contribution in [1.29, 1.82) is 0 Å². The molecule has 0 aliphatic heterocycles. The molecule has 2 aromatic carbocycles. The monoisotopic (exact) mass is 544 g/mol. The molecule has 0 saturated carbocycles. The lowest BCUT2D eigenvalue weighted by molar-refractivity contribution is -0.192. The normalized spacial score (nSPS) is 10.9. The molecule has 1 aromatic heterocycles. The minimum Gasteiger partial charge on any atom is -0.487 e. The number of hydrogen-bond donors (Lipinski definition) is 2. The largest absolute Gasteiger partial charge is 0.490 e. The van der Waals surface area contributed by atoms with Crippen molar-refractivity contribution >= 4 is 21.9 Å². The summed E-state index contributed by atoms with van der Waals surface area (Å²) < 4.78 is 53.2. The number of nitrogens with two attached hydrogens (primary N) is 1. The van der Waals surface area contributed by atoms with Crippen molar-refractivity contribution in [1.82, 2.24) is 4.57 Å². The number of pyridine rings is 1. The van der Waals surface area contributed by atoms with Crippen molar-refractivity contribution in [3.8, 4) is 5.75 Å². The zero-order valence-electron chi connectivity index (χ0n) is 17.9. The summed E-state index contributed by atoms with van der Waals surface area (Å²) in [5.74, 6) is -2.70. The third kappa shape index (κ3) is 7.70. The van der Waals surface area contributed by atoms with E-state index >= 15 is 0 Å². The van der Waals surface area contributed by atoms with Gasteiger partial charge in [0.1, 0.15) is 22.6 Å². The minimum absolute atomic E-state index is 0.0483. The molecule has 1 heterocycles. The predicted molar refractivity (Wildman–Crippen MR) is 121 cm³/mol. The van der Waals surface area contributed by atoms with Gasteiger partial charge in [0.2, 0.25) is 0 Å². The molecule has 34 heavy (non-hydrogen) atoms. The molecule has 0 aliphatic carbocycles. The molecule has 3 aromatic rings. The molecule has 0 aliphatic rings. The maximum absolute atomic E-state index is 13.9. The van der Waals surface area contributed by atoms with Gasteiger partial charge in [-0.05, 0) is 51.7 Å². The molecule has 11 heteroatoms. The smallest absolute Gasteiger partial charge is 0.487 e. The molecule has 0 spiro atoms.